The van der Waals surface area contributed by atoms with Gasteiger partial charge in [0.05, 0.1) is 11.2 Å². The Bertz CT molecular complexity index is 800. The quantitative estimate of drug-likeness (QED) is 0.686. The minimum atomic E-state index is -0.332. The number of aryl methyl sites for hydroxylation is 2. The Morgan fingerprint density at radius 3 is 2.40 bits per heavy atom. The standard InChI is InChI=1S/C17H14FNO/c1-10-3-5-12(6-4-10)16-14(9-20)13-7-11(2)8-15(18)17(13)19-16/h3-9,19H,1-2H3. The lowest BCUT2D eigenvalue weighted by Gasteiger charge is -2.00. The van der Waals surface area contributed by atoms with Crippen LogP contribution in [0.4, 0.5) is 4.39 Å². The lowest BCUT2D eigenvalue weighted by atomic mass is 10.0. The van der Waals surface area contributed by atoms with Gasteiger partial charge >= 0.3 is 0 Å². The number of aldehydes is 1. The monoisotopic (exact) mass is 267 g/mol. The number of aromatic nitrogens is 1. The first-order valence-corrected chi connectivity index (χ1v) is 6.44. The van der Waals surface area contributed by atoms with Gasteiger partial charge in [-0.3, -0.25) is 4.79 Å². The molecule has 20 heavy (non-hydrogen) atoms. The van der Waals surface area contributed by atoms with E-state index in [1.165, 1.54) is 6.07 Å². The van der Waals surface area contributed by atoms with Crippen molar-refractivity contribution in [2.75, 3.05) is 0 Å². The molecule has 1 aromatic heterocycles. The molecule has 0 aliphatic carbocycles. The zero-order valence-corrected chi connectivity index (χ0v) is 11.3. The van der Waals surface area contributed by atoms with Gasteiger partial charge in [0.25, 0.3) is 0 Å². The van der Waals surface area contributed by atoms with E-state index >= 15 is 0 Å². The van der Waals surface area contributed by atoms with Crippen molar-refractivity contribution in [2.24, 2.45) is 0 Å². The highest BCUT2D eigenvalue weighted by atomic mass is 19.1. The second kappa shape index (κ2) is 4.60. The number of benzene rings is 2. The van der Waals surface area contributed by atoms with E-state index in [2.05, 4.69) is 4.98 Å². The van der Waals surface area contributed by atoms with E-state index in [0.29, 0.717) is 22.2 Å². The van der Waals surface area contributed by atoms with Crippen molar-refractivity contribution < 1.29 is 9.18 Å². The minimum Gasteiger partial charge on any atom is -0.352 e. The SMILES string of the molecule is Cc1ccc(-c2[nH]c3c(F)cc(C)cc3c2C=O)cc1. The molecule has 2 aromatic carbocycles. The summed E-state index contributed by atoms with van der Waals surface area (Å²) in [6.07, 6.45) is 0.785. The molecule has 0 fully saturated rings. The third-order valence-electron chi connectivity index (χ3n) is 3.50. The molecule has 1 N–H and O–H groups in total. The average Bonchev–Trinajstić information content (AvgIpc) is 2.78. The van der Waals surface area contributed by atoms with Gasteiger partial charge in [-0.15, -0.1) is 0 Å². The molecule has 0 unspecified atom stereocenters. The van der Waals surface area contributed by atoms with E-state index in [9.17, 15) is 9.18 Å². The number of aromatic amines is 1. The molecule has 0 atom stereocenters. The molecule has 1 heterocycles. The molecule has 0 saturated heterocycles. The fourth-order valence-electron chi connectivity index (χ4n) is 2.48. The number of hydrogen-bond donors (Lipinski definition) is 1. The maximum absolute atomic E-state index is 14.0. The van der Waals surface area contributed by atoms with Crippen molar-refractivity contribution in [1.29, 1.82) is 0 Å². The second-order valence-corrected chi connectivity index (χ2v) is 5.07. The van der Waals surface area contributed by atoms with Crippen molar-refractivity contribution >= 4 is 17.2 Å². The summed E-state index contributed by atoms with van der Waals surface area (Å²) >= 11 is 0. The Morgan fingerprint density at radius 1 is 1.05 bits per heavy atom. The predicted octanol–water partition coefficient (Wildman–Crippen LogP) is 4.40. The van der Waals surface area contributed by atoms with Gasteiger partial charge in [-0.1, -0.05) is 29.8 Å². The second-order valence-electron chi connectivity index (χ2n) is 5.07. The highest BCUT2D eigenvalue weighted by Gasteiger charge is 2.15. The summed E-state index contributed by atoms with van der Waals surface area (Å²) in [4.78, 5) is 14.5. The van der Waals surface area contributed by atoms with Crippen molar-refractivity contribution in [3.8, 4) is 11.3 Å². The first-order chi connectivity index (χ1) is 9.60. The Hall–Kier alpha value is -2.42. The summed E-state index contributed by atoms with van der Waals surface area (Å²) in [5.41, 5.74) is 4.37. The number of nitrogens with one attached hydrogen (secondary N) is 1. The van der Waals surface area contributed by atoms with E-state index in [-0.39, 0.29) is 5.82 Å². The third kappa shape index (κ3) is 1.92. The summed E-state index contributed by atoms with van der Waals surface area (Å²) in [7, 11) is 0. The zero-order chi connectivity index (χ0) is 14.3. The Labute approximate surface area is 116 Å². The zero-order valence-electron chi connectivity index (χ0n) is 11.3. The van der Waals surface area contributed by atoms with Crippen LogP contribution in [0, 0.1) is 19.7 Å². The van der Waals surface area contributed by atoms with E-state index in [1.807, 2.05) is 44.2 Å². The maximum Gasteiger partial charge on any atom is 0.152 e. The first kappa shape index (κ1) is 12.6. The van der Waals surface area contributed by atoms with Crippen LogP contribution in [0.3, 0.4) is 0 Å². The van der Waals surface area contributed by atoms with Gasteiger partial charge in [0.15, 0.2) is 6.29 Å². The van der Waals surface area contributed by atoms with Crippen molar-refractivity contribution in [1.82, 2.24) is 4.98 Å². The van der Waals surface area contributed by atoms with Crippen LogP contribution in [0.2, 0.25) is 0 Å². The molecule has 0 aliphatic rings. The highest BCUT2D eigenvalue weighted by Crippen LogP contribution is 2.31. The van der Waals surface area contributed by atoms with Crippen molar-refractivity contribution in [3.63, 3.8) is 0 Å². The highest BCUT2D eigenvalue weighted by molar-refractivity contribution is 6.04. The summed E-state index contributed by atoms with van der Waals surface area (Å²) in [5, 5.41) is 0.632. The van der Waals surface area contributed by atoms with Crippen LogP contribution in [0.25, 0.3) is 22.2 Å². The summed E-state index contributed by atoms with van der Waals surface area (Å²) in [5.74, 6) is -0.332. The van der Waals surface area contributed by atoms with Crippen LogP contribution in [-0.2, 0) is 0 Å². The van der Waals surface area contributed by atoms with Crippen LogP contribution in [-0.4, -0.2) is 11.3 Å². The average molecular weight is 267 g/mol. The lowest BCUT2D eigenvalue weighted by molar-refractivity contribution is 0.112. The minimum absolute atomic E-state index is 0.332. The fraction of sp³-hybridized carbons (Fsp3) is 0.118. The summed E-state index contributed by atoms with van der Waals surface area (Å²) in [6.45, 7) is 3.81. The van der Waals surface area contributed by atoms with E-state index in [1.54, 1.807) is 0 Å². The fourth-order valence-corrected chi connectivity index (χ4v) is 2.48. The first-order valence-electron chi connectivity index (χ1n) is 6.44. The van der Waals surface area contributed by atoms with Gasteiger partial charge in [-0.2, -0.15) is 0 Å². The van der Waals surface area contributed by atoms with E-state index in [0.717, 1.165) is 23.0 Å². The van der Waals surface area contributed by atoms with Crippen LogP contribution in [0.15, 0.2) is 36.4 Å². The predicted molar refractivity (Wildman–Crippen MR) is 78.6 cm³/mol. The number of rotatable bonds is 2. The molecular weight excluding hydrogens is 253 g/mol. The topological polar surface area (TPSA) is 32.9 Å². The summed E-state index contributed by atoms with van der Waals surface area (Å²) in [6, 6.07) is 11.1. The van der Waals surface area contributed by atoms with Crippen LogP contribution >= 0.6 is 0 Å². The van der Waals surface area contributed by atoms with Gasteiger partial charge in [-0.05, 0) is 37.1 Å². The largest absolute Gasteiger partial charge is 0.352 e. The number of carbonyl (C=O) groups excluding carboxylic acids is 1. The number of hydrogen-bond acceptors (Lipinski definition) is 1. The van der Waals surface area contributed by atoms with Crippen molar-refractivity contribution in [3.05, 3.63) is 58.9 Å². The number of fused-ring (bicyclic) bond motifs is 1. The Morgan fingerprint density at radius 2 is 1.75 bits per heavy atom. The van der Waals surface area contributed by atoms with Gasteiger partial charge < -0.3 is 4.98 Å². The molecule has 0 aliphatic heterocycles. The molecule has 0 radical (unpaired) electrons. The van der Waals surface area contributed by atoms with E-state index < -0.39 is 0 Å². The number of halogens is 1. The van der Waals surface area contributed by atoms with Crippen LogP contribution < -0.4 is 0 Å². The molecule has 2 nitrogen and oxygen atoms in total. The number of H-pyrrole nitrogens is 1. The van der Waals surface area contributed by atoms with Gasteiger partial charge in [0, 0.05) is 10.9 Å². The van der Waals surface area contributed by atoms with Gasteiger partial charge in [-0.25, -0.2) is 4.39 Å². The normalized spacial score (nSPS) is 10.9. The lowest BCUT2D eigenvalue weighted by Crippen LogP contribution is -1.85. The molecule has 3 heteroatoms. The Kier molecular flexibility index (Phi) is 2.90. The van der Waals surface area contributed by atoms with Crippen molar-refractivity contribution in [2.45, 2.75) is 13.8 Å². The molecule has 0 spiro atoms. The van der Waals surface area contributed by atoms with Crippen LogP contribution in [0.5, 0.6) is 0 Å². The van der Waals surface area contributed by atoms with E-state index in [4.69, 9.17) is 0 Å². The molecule has 100 valence electrons. The summed E-state index contributed by atoms with van der Waals surface area (Å²) < 4.78 is 14.0. The number of carbonyl (C=O) groups is 1. The van der Waals surface area contributed by atoms with Gasteiger partial charge in [0.2, 0.25) is 0 Å². The molecule has 0 saturated carbocycles. The molecule has 0 amide bonds. The Balaban J connectivity index is 2.33. The van der Waals surface area contributed by atoms with Crippen LogP contribution in [0.1, 0.15) is 21.5 Å². The molecule has 3 aromatic rings. The maximum atomic E-state index is 14.0. The molecule has 0 bridgehead atoms. The smallest absolute Gasteiger partial charge is 0.152 e. The van der Waals surface area contributed by atoms with Gasteiger partial charge in [0.1, 0.15) is 5.82 Å². The molecular formula is C17H14FNO. The third-order valence-corrected chi connectivity index (χ3v) is 3.50. The molecule has 3 rings (SSSR count).